The third kappa shape index (κ3) is 2.21. The molecule has 0 heterocycles. The minimum Gasteiger partial charge on any atom is -0.495 e. The van der Waals surface area contributed by atoms with Gasteiger partial charge in [-0.1, -0.05) is 13.7 Å². The molecule has 1 aromatic rings. The van der Waals surface area contributed by atoms with E-state index in [9.17, 15) is 4.39 Å². The van der Waals surface area contributed by atoms with E-state index in [1.807, 2.05) is 0 Å². The van der Waals surface area contributed by atoms with Gasteiger partial charge in [0.1, 0.15) is 11.6 Å². The van der Waals surface area contributed by atoms with Gasteiger partial charge >= 0.3 is 0 Å². The van der Waals surface area contributed by atoms with Crippen molar-refractivity contribution in [3.05, 3.63) is 28.0 Å². The number of rotatable bonds is 2. The van der Waals surface area contributed by atoms with Crippen LogP contribution in [0.15, 0.2) is 16.6 Å². The van der Waals surface area contributed by atoms with Crippen molar-refractivity contribution in [3.63, 3.8) is 0 Å². The van der Waals surface area contributed by atoms with Crippen LogP contribution in [0.5, 0.6) is 5.75 Å². The zero-order chi connectivity index (χ0) is 15.9. The van der Waals surface area contributed by atoms with Crippen LogP contribution in [0.4, 0.5) is 4.39 Å². The molecule has 0 aromatic heterocycles. The Labute approximate surface area is 95.9 Å². The standard InChI is InChI=1S/C10H12BrFO/c1-6(2)7-4-8(11)10(13-3)5-9(7)12/h4-6H,1-3H3/i1D3,2D3,6D. The molecule has 0 aliphatic carbocycles. The molecule has 0 unspecified atom stereocenters. The highest BCUT2D eigenvalue weighted by atomic mass is 79.9. The molecule has 1 aromatic carbocycles. The Balaban J connectivity index is 3.65. The summed E-state index contributed by atoms with van der Waals surface area (Å²) in [6, 6.07) is 1.81. The molecule has 0 saturated carbocycles. The van der Waals surface area contributed by atoms with Gasteiger partial charge in [-0.25, -0.2) is 4.39 Å². The Morgan fingerprint density at radius 2 is 2.31 bits per heavy atom. The molecule has 0 atom stereocenters. The Kier molecular flexibility index (Phi) is 1.35. The monoisotopic (exact) mass is 253 g/mol. The van der Waals surface area contributed by atoms with E-state index >= 15 is 0 Å². The third-order valence-electron chi connectivity index (χ3n) is 1.51. The normalized spacial score (nSPS) is 21.3. The highest BCUT2D eigenvalue weighted by molar-refractivity contribution is 9.10. The van der Waals surface area contributed by atoms with Gasteiger partial charge in [-0.15, -0.1) is 0 Å². The van der Waals surface area contributed by atoms with Crippen LogP contribution in [0.2, 0.25) is 0 Å². The van der Waals surface area contributed by atoms with Crippen LogP contribution in [0.25, 0.3) is 0 Å². The molecule has 3 heteroatoms. The molecule has 0 fully saturated rings. The van der Waals surface area contributed by atoms with E-state index in [1.54, 1.807) is 0 Å². The first kappa shape index (κ1) is 4.30. The summed E-state index contributed by atoms with van der Waals surface area (Å²) >= 11 is 3.03. The molecule has 13 heavy (non-hydrogen) atoms. The maximum Gasteiger partial charge on any atom is 0.135 e. The predicted molar refractivity (Wildman–Crippen MR) is 54.7 cm³/mol. The highest BCUT2D eigenvalue weighted by Gasteiger charge is 2.10. The lowest BCUT2D eigenvalue weighted by atomic mass is 10.0. The SMILES string of the molecule is [2H]C([2H])([2H])C([2H])(c1cc(Br)c(OC)cc1F)C([2H])([2H])[2H]. The lowest BCUT2D eigenvalue weighted by molar-refractivity contribution is 0.407. The molecule has 1 rings (SSSR count). The van der Waals surface area contributed by atoms with E-state index in [-0.39, 0.29) is 10.2 Å². The number of halogens is 2. The van der Waals surface area contributed by atoms with Crippen LogP contribution in [-0.4, -0.2) is 7.11 Å². The topological polar surface area (TPSA) is 9.23 Å². The van der Waals surface area contributed by atoms with Crippen molar-refractivity contribution in [3.8, 4) is 5.75 Å². The van der Waals surface area contributed by atoms with Gasteiger partial charge in [0, 0.05) is 15.7 Å². The van der Waals surface area contributed by atoms with Gasteiger partial charge in [0.25, 0.3) is 0 Å². The van der Waals surface area contributed by atoms with Crippen molar-refractivity contribution >= 4 is 15.9 Å². The fraction of sp³-hybridized carbons (Fsp3) is 0.400. The first-order chi connectivity index (χ1) is 8.86. The molecular weight excluding hydrogens is 235 g/mol. The van der Waals surface area contributed by atoms with Crippen molar-refractivity contribution in [2.24, 2.45) is 0 Å². The molecule has 0 radical (unpaired) electrons. The van der Waals surface area contributed by atoms with Crippen molar-refractivity contribution in [1.29, 1.82) is 0 Å². The van der Waals surface area contributed by atoms with Gasteiger partial charge in [0.05, 0.1) is 11.6 Å². The van der Waals surface area contributed by atoms with E-state index in [0.29, 0.717) is 0 Å². The van der Waals surface area contributed by atoms with E-state index in [1.165, 1.54) is 7.11 Å². The summed E-state index contributed by atoms with van der Waals surface area (Å²) in [6.45, 7) is -6.46. The lowest BCUT2D eigenvalue weighted by Gasteiger charge is -2.10. The quantitative estimate of drug-likeness (QED) is 0.781. The fourth-order valence-electron chi connectivity index (χ4n) is 0.877. The second-order valence-electron chi connectivity index (χ2n) is 2.34. The van der Waals surface area contributed by atoms with Crippen LogP contribution in [0.3, 0.4) is 0 Å². The van der Waals surface area contributed by atoms with Crippen LogP contribution < -0.4 is 4.74 Å². The van der Waals surface area contributed by atoms with E-state index < -0.39 is 31.0 Å². The molecule has 0 saturated heterocycles. The van der Waals surface area contributed by atoms with E-state index in [0.717, 1.165) is 12.1 Å². The molecule has 0 N–H and O–H groups in total. The smallest absolute Gasteiger partial charge is 0.135 e. The number of hydrogen-bond donors (Lipinski definition) is 0. The second-order valence-corrected chi connectivity index (χ2v) is 3.20. The lowest BCUT2D eigenvalue weighted by Crippen LogP contribution is -1.95. The van der Waals surface area contributed by atoms with Gasteiger partial charge in [-0.05, 0) is 33.5 Å². The summed E-state index contributed by atoms with van der Waals surface area (Å²) in [6.07, 6.45) is 0. The predicted octanol–water partition coefficient (Wildman–Crippen LogP) is 3.72. The number of hydrogen-bond acceptors (Lipinski definition) is 1. The van der Waals surface area contributed by atoms with Crippen molar-refractivity contribution in [1.82, 2.24) is 0 Å². The Hall–Kier alpha value is -0.570. The molecule has 0 aliphatic rings. The Morgan fingerprint density at radius 1 is 1.62 bits per heavy atom. The van der Waals surface area contributed by atoms with Crippen LogP contribution in [0, 0.1) is 5.82 Å². The van der Waals surface area contributed by atoms with Crippen molar-refractivity contribution in [2.45, 2.75) is 19.6 Å². The van der Waals surface area contributed by atoms with E-state index in [2.05, 4.69) is 15.9 Å². The van der Waals surface area contributed by atoms with Crippen LogP contribution in [-0.2, 0) is 0 Å². The molecular formula is C10H12BrFO. The molecule has 72 valence electrons. The summed E-state index contributed by atoms with van der Waals surface area (Å²) < 4.78 is 70.9. The number of benzene rings is 1. The summed E-state index contributed by atoms with van der Waals surface area (Å²) in [5, 5.41) is 0. The first-order valence-corrected chi connectivity index (χ1v) is 4.19. The first-order valence-electron chi connectivity index (χ1n) is 6.90. The molecule has 0 amide bonds. The minimum absolute atomic E-state index is 0.0738. The Bertz CT molecular complexity index is 498. The molecule has 0 spiro atoms. The fourth-order valence-corrected chi connectivity index (χ4v) is 1.38. The number of ether oxygens (including phenoxy) is 1. The highest BCUT2D eigenvalue weighted by Crippen LogP contribution is 2.30. The van der Waals surface area contributed by atoms with Gasteiger partial charge < -0.3 is 4.74 Å². The van der Waals surface area contributed by atoms with Gasteiger partial charge in [-0.3, -0.25) is 0 Å². The second kappa shape index (κ2) is 4.09. The maximum atomic E-state index is 14.1. The molecule has 0 bridgehead atoms. The Morgan fingerprint density at radius 3 is 2.85 bits per heavy atom. The minimum atomic E-state index is -3.23. The average molecular weight is 254 g/mol. The van der Waals surface area contributed by atoms with Crippen LogP contribution >= 0.6 is 15.9 Å². The van der Waals surface area contributed by atoms with Gasteiger partial charge in [-0.2, -0.15) is 0 Å². The van der Waals surface area contributed by atoms with Crippen LogP contribution in [0.1, 0.15) is 34.8 Å². The zero-order valence-electron chi connectivity index (χ0n) is 13.8. The maximum absolute atomic E-state index is 14.1. The zero-order valence-corrected chi connectivity index (χ0v) is 8.40. The summed E-state index contributed by atoms with van der Waals surface area (Å²) in [7, 11) is 1.28. The summed E-state index contributed by atoms with van der Waals surface area (Å²) in [5.74, 6) is -4.12. The summed E-state index contributed by atoms with van der Waals surface area (Å²) in [5.41, 5.74) is -0.731. The van der Waals surface area contributed by atoms with Crippen molar-refractivity contribution in [2.75, 3.05) is 7.11 Å². The summed E-state index contributed by atoms with van der Waals surface area (Å²) in [4.78, 5) is 0. The third-order valence-corrected chi connectivity index (χ3v) is 2.13. The van der Waals surface area contributed by atoms with Gasteiger partial charge in [0.15, 0.2) is 0 Å². The van der Waals surface area contributed by atoms with Crippen molar-refractivity contribution < 1.29 is 18.7 Å². The van der Waals surface area contributed by atoms with E-state index in [4.69, 9.17) is 14.3 Å². The average Bonchev–Trinajstić information content (AvgIpc) is 2.27. The molecule has 0 aliphatic heterocycles. The molecule has 1 nitrogen and oxygen atoms in total. The number of methoxy groups -OCH3 is 1. The largest absolute Gasteiger partial charge is 0.495 e. The van der Waals surface area contributed by atoms with Gasteiger partial charge in [0.2, 0.25) is 0 Å².